The van der Waals surface area contributed by atoms with Crippen molar-refractivity contribution >= 4 is 17.3 Å². The predicted molar refractivity (Wildman–Crippen MR) is 78.8 cm³/mol. The van der Waals surface area contributed by atoms with E-state index in [1.54, 1.807) is 6.20 Å². The molecule has 0 radical (unpaired) electrons. The van der Waals surface area contributed by atoms with E-state index in [1.807, 2.05) is 6.92 Å². The first kappa shape index (κ1) is 14.4. The monoisotopic (exact) mass is 283 g/mol. The first-order valence-corrected chi connectivity index (χ1v) is 7.50. The lowest BCUT2D eigenvalue weighted by Gasteiger charge is -2.29. The summed E-state index contributed by atoms with van der Waals surface area (Å²) in [6.07, 6.45) is 6.86. The molecule has 1 heterocycles. The van der Waals surface area contributed by atoms with Crippen molar-refractivity contribution in [3.05, 3.63) is 21.6 Å². The van der Waals surface area contributed by atoms with E-state index in [2.05, 4.69) is 17.3 Å². The number of hydrogen-bond acceptors (Lipinski definition) is 3. The normalized spacial score (nSPS) is 23.3. The molecule has 0 aliphatic heterocycles. The van der Waals surface area contributed by atoms with Crippen LogP contribution in [0.2, 0.25) is 5.02 Å². The quantitative estimate of drug-likeness (QED) is 0.923. The Hall–Kier alpha value is -1.03. The Balaban J connectivity index is 2.03. The average Bonchev–Trinajstić information content (AvgIpc) is 2.42. The first-order valence-electron chi connectivity index (χ1n) is 7.13. The van der Waals surface area contributed by atoms with Gasteiger partial charge in [-0.1, -0.05) is 37.8 Å². The molecule has 0 amide bonds. The van der Waals surface area contributed by atoms with Crippen molar-refractivity contribution in [3.63, 3.8) is 0 Å². The third-order valence-corrected chi connectivity index (χ3v) is 4.49. The van der Waals surface area contributed by atoms with Crippen LogP contribution in [0.4, 0.5) is 5.69 Å². The molecule has 106 valence electrons. The maximum absolute atomic E-state index is 11.9. The van der Waals surface area contributed by atoms with Gasteiger partial charge in [0.25, 0.3) is 5.56 Å². The zero-order valence-corrected chi connectivity index (χ0v) is 12.4. The van der Waals surface area contributed by atoms with Crippen LogP contribution in [0.15, 0.2) is 11.0 Å². The van der Waals surface area contributed by atoms with Gasteiger partial charge in [0.1, 0.15) is 5.02 Å². The van der Waals surface area contributed by atoms with Crippen LogP contribution in [0.3, 0.4) is 0 Å². The van der Waals surface area contributed by atoms with Crippen molar-refractivity contribution in [2.75, 3.05) is 11.9 Å². The van der Waals surface area contributed by atoms with Gasteiger partial charge in [-0.25, -0.2) is 4.68 Å². The Bertz CT molecular complexity index is 486. The van der Waals surface area contributed by atoms with Gasteiger partial charge in [-0.2, -0.15) is 5.10 Å². The molecule has 1 saturated carbocycles. The minimum Gasteiger partial charge on any atom is -0.382 e. The second-order valence-corrected chi connectivity index (χ2v) is 5.77. The first-order chi connectivity index (χ1) is 9.13. The van der Waals surface area contributed by atoms with E-state index in [-0.39, 0.29) is 10.6 Å². The summed E-state index contributed by atoms with van der Waals surface area (Å²) in [4.78, 5) is 11.9. The zero-order chi connectivity index (χ0) is 13.8. The third-order valence-electron chi connectivity index (χ3n) is 4.13. The molecule has 0 aromatic carbocycles. The summed E-state index contributed by atoms with van der Waals surface area (Å²) in [7, 11) is 0. The molecule has 0 spiro atoms. The maximum atomic E-state index is 11.9. The zero-order valence-electron chi connectivity index (χ0n) is 11.7. The highest BCUT2D eigenvalue weighted by molar-refractivity contribution is 6.32. The SMILES string of the molecule is CCn1ncc(NCC2CCCCC2C)c(Cl)c1=O. The molecule has 0 saturated heterocycles. The van der Waals surface area contributed by atoms with Gasteiger partial charge in [-0.3, -0.25) is 4.79 Å². The fourth-order valence-corrected chi connectivity index (χ4v) is 2.96. The molecule has 1 aliphatic rings. The van der Waals surface area contributed by atoms with Gasteiger partial charge in [0.2, 0.25) is 0 Å². The van der Waals surface area contributed by atoms with Gasteiger partial charge < -0.3 is 5.32 Å². The highest BCUT2D eigenvalue weighted by Gasteiger charge is 2.21. The van der Waals surface area contributed by atoms with Crippen molar-refractivity contribution in [2.24, 2.45) is 11.8 Å². The summed E-state index contributed by atoms with van der Waals surface area (Å²) in [5, 5.41) is 7.65. The van der Waals surface area contributed by atoms with Crippen LogP contribution in [0.5, 0.6) is 0 Å². The highest BCUT2D eigenvalue weighted by atomic mass is 35.5. The summed E-state index contributed by atoms with van der Waals surface area (Å²) in [5.74, 6) is 1.41. The van der Waals surface area contributed by atoms with Crippen molar-refractivity contribution in [1.82, 2.24) is 9.78 Å². The lowest BCUT2D eigenvalue weighted by molar-refractivity contribution is 0.268. The average molecular weight is 284 g/mol. The Morgan fingerprint density at radius 1 is 1.47 bits per heavy atom. The van der Waals surface area contributed by atoms with E-state index >= 15 is 0 Å². The highest BCUT2D eigenvalue weighted by Crippen LogP contribution is 2.30. The van der Waals surface area contributed by atoms with Crippen molar-refractivity contribution in [3.8, 4) is 0 Å². The van der Waals surface area contributed by atoms with Crippen LogP contribution in [0.25, 0.3) is 0 Å². The number of anilines is 1. The van der Waals surface area contributed by atoms with E-state index in [1.165, 1.54) is 30.4 Å². The Kier molecular flexibility index (Phi) is 4.86. The van der Waals surface area contributed by atoms with Crippen molar-refractivity contribution in [1.29, 1.82) is 0 Å². The fraction of sp³-hybridized carbons (Fsp3) is 0.714. The molecule has 1 N–H and O–H groups in total. The van der Waals surface area contributed by atoms with E-state index in [4.69, 9.17) is 11.6 Å². The summed E-state index contributed by atoms with van der Waals surface area (Å²) in [5.41, 5.74) is 0.444. The van der Waals surface area contributed by atoms with Crippen LogP contribution in [-0.2, 0) is 6.54 Å². The third kappa shape index (κ3) is 3.30. The van der Waals surface area contributed by atoms with Gasteiger partial charge in [0.05, 0.1) is 11.9 Å². The molecule has 19 heavy (non-hydrogen) atoms. The smallest absolute Gasteiger partial charge is 0.287 e. The number of aromatic nitrogens is 2. The molecule has 1 aliphatic carbocycles. The van der Waals surface area contributed by atoms with Gasteiger partial charge >= 0.3 is 0 Å². The van der Waals surface area contributed by atoms with E-state index in [0.717, 1.165) is 12.5 Å². The molecule has 1 fully saturated rings. The second-order valence-electron chi connectivity index (χ2n) is 5.40. The molecule has 1 aromatic rings. The van der Waals surface area contributed by atoms with E-state index in [9.17, 15) is 4.79 Å². The Morgan fingerprint density at radius 3 is 2.89 bits per heavy atom. The molecule has 2 atom stereocenters. The molecule has 2 rings (SSSR count). The van der Waals surface area contributed by atoms with Gasteiger partial charge in [0.15, 0.2) is 0 Å². The summed E-state index contributed by atoms with van der Waals surface area (Å²) >= 11 is 6.10. The summed E-state index contributed by atoms with van der Waals surface area (Å²) in [6.45, 7) is 5.60. The lowest BCUT2D eigenvalue weighted by atomic mass is 9.80. The number of rotatable bonds is 4. The summed E-state index contributed by atoms with van der Waals surface area (Å²) < 4.78 is 1.37. The largest absolute Gasteiger partial charge is 0.382 e. The standard InChI is InChI=1S/C14H22ClN3O/c1-3-18-14(19)13(15)12(9-17-18)16-8-11-7-5-4-6-10(11)2/h9-11,16H,3-8H2,1-2H3. The van der Waals surface area contributed by atoms with Crippen LogP contribution in [0, 0.1) is 11.8 Å². The van der Waals surface area contributed by atoms with Crippen LogP contribution < -0.4 is 10.9 Å². The molecular formula is C14H22ClN3O. The van der Waals surface area contributed by atoms with Crippen LogP contribution in [-0.4, -0.2) is 16.3 Å². The van der Waals surface area contributed by atoms with E-state index in [0.29, 0.717) is 18.2 Å². The second kappa shape index (κ2) is 6.42. The number of hydrogen-bond donors (Lipinski definition) is 1. The van der Waals surface area contributed by atoms with Gasteiger partial charge in [-0.15, -0.1) is 0 Å². The van der Waals surface area contributed by atoms with Crippen LogP contribution >= 0.6 is 11.6 Å². The van der Waals surface area contributed by atoms with E-state index < -0.39 is 0 Å². The molecule has 4 nitrogen and oxygen atoms in total. The molecule has 1 aromatic heterocycles. The predicted octanol–water partition coefficient (Wildman–Crippen LogP) is 3.15. The van der Waals surface area contributed by atoms with Crippen molar-refractivity contribution < 1.29 is 0 Å². The molecule has 2 unspecified atom stereocenters. The Labute approximate surface area is 119 Å². The van der Waals surface area contributed by atoms with Crippen LogP contribution in [0.1, 0.15) is 39.5 Å². The number of aryl methyl sites for hydroxylation is 1. The topological polar surface area (TPSA) is 46.9 Å². The van der Waals surface area contributed by atoms with Gasteiger partial charge in [-0.05, 0) is 25.2 Å². The fourth-order valence-electron chi connectivity index (χ4n) is 2.75. The summed E-state index contributed by atoms with van der Waals surface area (Å²) in [6, 6.07) is 0. The Morgan fingerprint density at radius 2 is 2.21 bits per heavy atom. The number of halogens is 1. The minimum absolute atomic E-state index is 0.217. The molecular weight excluding hydrogens is 262 g/mol. The minimum atomic E-state index is -0.217. The number of nitrogens with one attached hydrogen (secondary N) is 1. The maximum Gasteiger partial charge on any atom is 0.287 e. The number of nitrogens with zero attached hydrogens (tertiary/aromatic N) is 2. The van der Waals surface area contributed by atoms with Gasteiger partial charge in [0, 0.05) is 13.1 Å². The lowest BCUT2D eigenvalue weighted by Crippen LogP contribution is -2.27. The molecule has 0 bridgehead atoms. The van der Waals surface area contributed by atoms with Crippen molar-refractivity contribution in [2.45, 2.75) is 46.1 Å². The molecule has 5 heteroatoms.